The van der Waals surface area contributed by atoms with E-state index in [0.29, 0.717) is 5.71 Å². The fraction of sp³-hybridized carbons (Fsp3) is 0.214. The number of amides is 1. The number of aromatic nitrogens is 4. The summed E-state index contributed by atoms with van der Waals surface area (Å²) in [5.74, 6) is -0.557. The average molecular weight is 391 g/mol. The Bertz CT molecular complexity index is 949. The molecule has 0 spiro atoms. The normalized spacial score (nSPS) is 11.7. The molecule has 0 saturated carbocycles. The fourth-order valence-corrected chi connectivity index (χ4v) is 3.81. The third kappa shape index (κ3) is 4.61. The van der Waals surface area contributed by atoms with E-state index in [1.165, 1.54) is 34.1 Å². The monoisotopic (exact) mass is 391 g/mol. The number of fused-ring (bicyclic) bond motifs is 1. The van der Waals surface area contributed by atoms with Crippen LogP contribution in [0.25, 0.3) is 10.2 Å². The number of hydrogen-bond acceptors (Lipinski definition) is 9. The van der Waals surface area contributed by atoms with E-state index in [9.17, 15) is 14.9 Å². The smallest absolute Gasteiger partial charge is 0.390 e. The van der Waals surface area contributed by atoms with Crippen LogP contribution in [0.2, 0.25) is 0 Å². The van der Waals surface area contributed by atoms with Crippen LogP contribution in [0.1, 0.15) is 6.92 Å². The maximum Gasteiger partial charge on any atom is 0.490 e. The molecule has 0 atom stereocenters. The Hall–Kier alpha value is -2.86. The van der Waals surface area contributed by atoms with E-state index in [4.69, 9.17) is 0 Å². The number of hydrazone groups is 1. The molecule has 0 bridgehead atoms. The summed E-state index contributed by atoms with van der Waals surface area (Å²) in [5.41, 5.74) is 3.89. The molecule has 1 aromatic carbocycles. The average Bonchev–Trinajstić information content (AvgIpc) is 3.24. The standard InChI is InChI=1S/C14H13N7O3S2/c1-9(6-20-8-15-13(19-20)21(23)24)17-18-12(22)7-25-14-16-10-4-2-3-5-11(10)26-14/h2-5,8H,6-7H2,1H3,(H,18,22)/b17-9+. The summed E-state index contributed by atoms with van der Waals surface area (Å²) in [6.45, 7) is 1.86. The molecule has 1 N–H and O–H groups in total. The molecular weight excluding hydrogens is 378 g/mol. The molecule has 0 unspecified atom stereocenters. The Morgan fingerprint density at radius 2 is 2.27 bits per heavy atom. The van der Waals surface area contributed by atoms with Crippen molar-refractivity contribution >= 4 is 50.9 Å². The van der Waals surface area contributed by atoms with Crippen molar-refractivity contribution in [1.82, 2.24) is 25.2 Å². The van der Waals surface area contributed by atoms with E-state index < -0.39 is 10.9 Å². The summed E-state index contributed by atoms with van der Waals surface area (Å²) < 4.78 is 3.17. The quantitative estimate of drug-likeness (QED) is 0.282. The van der Waals surface area contributed by atoms with Gasteiger partial charge in [0, 0.05) is 5.10 Å². The van der Waals surface area contributed by atoms with Gasteiger partial charge in [-0.1, -0.05) is 28.9 Å². The maximum absolute atomic E-state index is 11.9. The van der Waals surface area contributed by atoms with Gasteiger partial charge in [0.15, 0.2) is 4.34 Å². The minimum absolute atomic E-state index is 0.186. The van der Waals surface area contributed by atoms with Crippen LogP contribution in [0, 0.1) is 10.1 Å². The van der Waals surface area contributed by atoms with Crippen LogP contribution in [0.5, 0.6) is 0 Å². The molecule has 0 fully saturated rings. The Kier molecular flexibility index (Phi) is 5.53. The molecular formula is C14H13N7O3S2. The van der Waals surface area contributed by atoms with E-state index in [2.05, 4.69) is 25.6 Å². The molecule has 10 nitrogen and oxygen atoms in total. The van der Waals surface area contributed by atoms with Gasteiger partial charge in [0.1, 0.15) is 0 Å². The molecule has 3 rings (SSSR count). The molecule has 0 radical (unpaired) electrons. The molecule has 2 heterocycles. The van der Waals surface area contributed by atoms with Gasteiger partial charge in [0.05, 0.1) is 28.2 Å². The van der Waals surface area contributed by atoms with Crippen LogP contribution in [0.4, 0.5) is 5.95 Å². The number of nitrogens with one attached hydrogen (secondary N) is 1. The van der Waals surface area contributed by atoms with Gasteiger partial charge < -0.3 is 10.1 Å². The lowest BCUT2D eigenvalue weighted by Gasteiger charge is -2.00. The highest BCUT2D eigenvalue weighted by atomic mass is 32.2. The minimum Gasteiger partial charge on any atom is -0.390 e. The maximum atomic E-state index is 11.9. The highest BCUT2D eigenvalue weighted by Crippen LogP contribution is 2.28. The lowest BCUT2D eigenvalue weighted by atomic mass is 10.3. The van der Waals surface area contributed by atoms with Crippen LogP contribution < -0.4 is 5.43 Å². The van der Waals surface area contributed by atoms with Crippen LogP contribution in [0.3, 0.4) is 0 Å². The first-order valence-corrected chi connectivity index (χ1v) is 9.15. The predicted molar refractivity (Wildman–Crippen MR) is 98.3 cm³/mol. The molecule has 0 saturated heterocycles. The van der Waals surface area contributed by atoms with Crippen LogP contribution in [0.15, 0.2) is 40.0 Å². The predicted octanol–water partition coefficient (Wildman–Crippen LogP) is 2.08. The summed E-state index contributed by atoms with van der Waals surface area (Å²) in [4.78, 5) is 29.7. The number of hydrogen-bond donors (Lipinski definition) is 1. The third-order valence-electron chi connectivity index (χ3n) is 3.05. The van der Waals surface area contributed by atoms with Crippen molar-refractivity contribution in [3.8, 4) is 0 Å². The van der Waals surface area contributed by atoms with Gasteiger partial charge in [0.25, 0.3) is 5.91 Å². The molecule has 0 aliphatic carbocycles. The summed E-state index contributed by atoms with van der Waals surface area (Å²) in [6.07, 6.45) is 1.24. The Morgan fingerprint density at radius 1 is 1.46 bits per heavy atom. The van der Waals surface area contributed by atoms with Crippen LogP contribution in [-0.2, 0) is 11.3 Å². The number of thiazole rings is 1. The van der Waals surface area contributed by atoms with Crippen molar-refractivity contribution in [2.75, 3.05) is 5.75 Å². The van der Waals surface area contributed by atoms with Crippen molar-refractivity contribution < 1.29 is 9.72 Å². The number of nitro groups is 1. The van der Waals surface area contributed by atoms with E-state index in [0.717, 1.165) is 14.6 Å². The van der Waals surface area contributed by atoms with E-state index in [1.807, 2.05) is 24.3 Å². The summed E-state index contributed by atoms with van der Waals surface area (Å²) in [6, 6.07) is 7.78. The lowest BCUT2D eigenvalue weighted by molar-refractivity contribution is -0.394. The van der Waals surface area contributed by atoms with Crippen LogP contribution >= 0.6 is 23.1 Å². The SMILES string of the molecule is C/C(Cn1cnc([N+](=O)[O-])n1)=N\NC(=O)CSc1nc2ccccc2s1. The number of benzene rings is 1. The first-order chi connectivity index (χ1) is 12.5. The summed E-state index contributed by atoms with van der Waals surface area (Å²) >= 11 is 2.87. The highest BCUT2D eigenvalue weighted by molar-refractivity contribution is 8.01. The molecule has 1 amide bonds. The van der Waals surface area contributed by atoms with E-state index in [-0.39, 0.29) is 18.2 Å². The number of carbonyl (C=O) groups is 1. The second kappa shape index (κ2) is 8.01. The topological polar surface area (TPSA) is 128 Å². The number of nitrogens with zero attached hydrogens (tertiary/aromatic N) is 6. The van der Waals surface area contributed by atoms with Crippen molar-refractivity contribution in [2.45, 2.75) is 17.8 Å². The van der Waals surface area contributed by atoms with Crippen molar-refractivity contribution in [3.63, 3.8) is 0 Å². The van der Waals surface area contributed by atoms with Gasteiger partial charge in [-0.3, -0.25) is 4.79 Å². The first-order valence-electron chi connectivity index (χ1n) is 7.35. The molecule has 0 aliphatic heterocycles. The molecule has 12 heteroatoms. The number of rotatable bonds is 7. The Morgan fingerprint density at radius 3 is 3.00 bits per heavy atom. The second-order valence-corrected chi connectivity index (χ2v) is 7.37. The zero-order valence-electron chi connectivity index (χ0n) is 13.5. The zero-order chi connectivity index (χ0) is 18.5. The highest BCUT2D eigenvalue weighted by Gasteiger charge is 2.13. The van der Waals surface area contributed by atoms with Crippen molar-refractivity contribution in [3.05, 3.63) is 40.7 Å². The second-order valence-electron chi connectivity index (χ2n) is 5.12. The molecule has 0 aliphatic rings. The molecule has 3 aromatic rings. The number of thioether (sulfide) groups is 1. The molecule has 134 valence electrons. The number of para-hydroxylation sites is 1. The molecule has 26 heavy (non-hydrogen) atoms. The van der Waals surface area contributed by atoms with E-state index >= 15 is 0 Å². The van der Waals surface area contributed by atoms with Gasteiger partial charge >= 0.3 is 5.95 Å². The van der Waals surface area contributed by atoms with Gasteiger partial charge in [-0.25, -0.2) is 10.4 Å². The summed E-state index contributed by atoms with van der Waals surface area (Å²) in [7, 11) is 0. The van der Waals surface area contributed by atoms with Gasteiger partial charge in [0.2, 0.25) is 6.33 Å². The van der Waals surface area contributed by atoms with Crippen molar-refractivity contribution in [2.24, 2.45) is 5.10 Å². The fourth-order valence-electron chi connectivity index (χ4n) is 1.94. The first kappa shape index (κ1) is 17.9. The van der Waals surface area contributed by atoms with Crippen LogP contribution in [-0.4, -0.2) is 42.0 Å². The van der Waals surface area contributed by atoms with Gasteiger partial charge in [-0.05, 0) is 24.0 Å². The summed E-state index contributed by atoms with van der Waals surface area (Å²) in [5, 5.41) is 18.2. The Balaban J connectivity index is 1.49. The zero-order valence-corrected chi connectivity index (χ0v) is 15.2. The van der Waals surface area contributed by atoms with Gasteiger partial charge in [-0.2, -0.15) is 9.78 Å². The minimum atomic E-state index is -0.677. The Labute approximate surface area is 155 Å². The van der Waals surface area contributed by atoms with Gasteiger partial charge in [-0.15, -0.1) is 11.3 Å². The third-order valence-corrected chi connectivity index (χ3v) is 5.23. The van der Waals surface area contributed by atoms with Crippen molar-refractivity contribution in [1.29, 1.82) is 0 Å². The lowest BCUT2D eigenvalue weighted by Crippen LogP contribution is -2.22. The number of carbonyl (C=O) groups excluding carboxylic acids is 1. The molecule has 2 aromatic heterocycles. The van der Waals surface area contributed by atoms with E-state index in [1.54, 1.807) is 6.92 Å². The largest absolute Gasteiger partial charge is 0.490 e.